The van der Waals surface area contributed by atoms with Gasteiger partial charge < -0.3 is 20.1 Å². The van der Waals surface area contributed by atoms with E-state index in [1.54, 1.807) is 17.4 Å². The van der Waals surface area contributed by atoms with Gasteiger partial charge >= 0.3 is 0 Å². The third-order valence-corrected chi connectivity index (χ3v) is 8.74. The van der Waals surface area contributed by atoms with Gasteiger partial charge in [0, 0.05) is 43.9 Å². The maximum absolute atomic E-state index is 13.7. The zero-order valence-corrected chi connectivity index (χ0v) is 28.4. The molecule has 3 amide bonds. The molecule has 258 valence electrons. The average Bonchev–Trinajstić information content (AvgIpc) is 3.68. The van der Waals surface area contributed by atoms with Crippen LogP contribution in [0, 0.1) is 0 Å². The van der Waals surface area contributed by atoms with Gasteiger partial charge in [0.15, 0.2) is 0 Å². The molecule has 0 saturated carbocycles. The second-order valence-electron chi connectivity index (χ2n) is 12.3. The lowest BCUT2D eigenvalue weighted by Crippen LogP contribution is -2.47. The lowest BCUT2D eigenvalue weighted by molar-refractivity contribution is -0.137. The van der Waals surface area contributed by atoms with E-state index in [1.807, 2.05) is 83.6 Å². The Hall–Kier alpha value is -5.38. The zero-order valence-electron chi connectivity index (χ0n) is 28.4. The molecular weight excluding hydrogens is 624 g/mol. The van der Waals surface area contributed by atoms with Crippen LogP contribution >= 0.6 is 0 Å². The van der Waals surface area contributed by atoms with Gasteiger partial charge in [-0.25, -0.2) is 4.98 Å². The number of carbonyl (C=O) groups excluding carboxylic acids is 3. The smallest absolute Gasteiger partial charge is 0.246 e. The number of nitrogens with zero attached hydrogens (tertiary/aromatic N) is 3. The van der Waals surface area contributed by atoms with Gasteiger partial charge in [0.05, 0.1) is 26.0 Å². The molecule has 3 N–H and O–H groups in total. The van der Waals surface area contributed by atoms with Crippen LogP contribution in [0.25, 0.3) is 0 Å². The van der Waals surface area contributed by atoms with Crippen molar-refractivity contribution in [3.8, 4) is 0 Å². The van der Waals surface area contributed by atoms with Crippen molar-refractivity contribution in [2.75, 3.05) is 39.3 Å². The molecule has 50 heavy (non-hydrogen) atoms. The second kappa shape index (κ2) is 19.6. The summed E-state index contributed by atoms with van der Waals surface area (Å²) in [6, 6.07) is 41.1. The highest BCUT2D eigenvalue weighted by Crippen LogP contribution is 2.29. The van der Waals surface area contributed by atoms with Crippen LogP contribution in [0.1, 0.15) is 46.9 Å². The van der Waals surface area contributed by atoms with Crippen LogP contribution in [0.2, 0.25) is 0 Å². The predicted molar refractivity (Wildman–Crippen MR) is 196 cm³/mol. The van der Waals surface area contributed by atoms with Crippen LogP contribution in [0.5, 0.6) is 0 Å². The number of nitrogens with one attached hydrogen (secondary N) is 3. The molecule has 0 spiro atoms. The van der Waals surface area contributed by atoms with Crippen molar-refractivity contribution in [3.63, 3.8) is 0 Å². The summed E-state index contributed by atoms with van der Waals surface area (Å²) in [7, 11) is 0. The van der Waals surface area contributed by atoms with Gasteiger partial charge in [-0.05, 0) is 41.6 Å². The Kier molecular flexibility index (Phi) is 14.1. The van der Waals surface area contributed by atoms with Crippen molar-refractivity contribution in [3.05, 3.63) is 162 Å². The summed E-state index contributed by atoms with van der Waals surface area (Å²) in [5.41, 5.74) is 4.72. The number of rotatable bonds is 19. The van der Waals surface area contributed by atoms with Gasteiger partial charge in [0.1, 0.15) is 0 Å². The Balaban J connectivity index is 1.20. The molecule has 0 unspecified atom stereocenters. The zero-order chi connectivity index (χ0) is 34.8. The van der Waals surface area contributed by atoms with Crippen molar-refractivity contribution in [2.45, 2.75) is 31.2 Å². The fraction of sp³-hybridized carbons (Fsp3) is 0.268. The molecule has 0 saturated heterocycles. The van der Waals surface area contributed by atoms with Crippen LogP contribution < -0.4 is 16.0 Å². The largest absolute Gasteiger partial charge is 0.336 e. The van der Waals surface area contributed by atoms with Crippen molar-refractivity contribution >= 4 is 17.7 Å². The van der Waals surface area contributed by atoms with Crippen molar-refractivity contribution in [2.24, 2.45) is 0 Å². The third-order valence-electron chi connectivity index (χ3n) is 8.74. The molecule has 0 aliphatic rings. The average molecular weight is 671 g/mol. The Labute approximate surface area is 294 Å². The molecule has 9 nitrogen and oxygen atoms in total. The van der Waals surface area contributed by atoms with Crippen LogP contribution in [-0.4, -0.2) is 71.4 Å². The van der Waals surface area contributed by atoms with Gasteiger partial charge in [0.25, 0.3) is 0 Å². The SMILES string of the molecule is O=C(CNCCn1ccnc1)NC(=O)CN(CCC(c1ccccc1)c1ccccc1)C(=O)CNCCC(c1ccccc1)c1ccccc1. The Bertz CT molecular complexity index is 1640. The minimum absolute atomic E-state index is 0.00990. The number of hydrogen-bond acceptors (Lipinski definition) is 6. The van der Waals surface area contributed by atoms with E-state index in [0.29, 0.717) is 32.6 Å². The highest BCUT2D eigenvalue weighted by molar-refractivity contribution is 5.98. The van der Waals surface area contributed by atoms with Gasteiger partial charge in [-0.3, -0.25) is 19.7 Å². The first kappa shape index (κ1) is 35.9. The maximum Gasteiger partial charge on any atom is 0.246 e. The molecule has 0 atom stereocenters. The highest BCUT2D eigenvalue weighted by atomic mass is 16.2. The van der Waals surface area contributed by atoms with Crippen molar-refractivity contribution in [1.29, 1.82) is 0 Å². The summed E-state index contributed by atoms with van der Waals surface area (Å²) in [6.07, 6.45) is 6.66. The van der Waals surface area contributed by atoms with E-state index in [-0.39, 0.29) is 37.4 Å². The molecule has 0 aliphatic heterocycles. The van der Waals surface area contributed by atoms with Crippen molar-refractivity contribution < 1.29 is 14.4 Å². The lowest BCUT2D eigenvalue weighted by atomic mass is 9.88. The van der Waals surface area contributed by atoms with Crippen molar-refractivity contribution in [1.82, 2.24) is 30.4 Å². The summed E-state index contributed by atoms with van der Waals surface area (Å²) in [5.74, 6) is -0.933. The summed E-state index contributed by atoms with van der Waals surface area (Å²) < 4.78 is 1.90. The molecule has 1 aromatic heterocycles. The number of aromatic nitrogens is 2. The highest BCUT2D eigenvalue weighted by Gasteiger charge is 2.22. The Morgan fingerprint density at radius 1 is 0.620 bits per heavy atom. The van der Waals surface area contributed by atoms with Gasteiger partial charge in [-0.1, -0.05) is 121 Å². The van der Waals surface area contributed by atoms with E-state index >= 15 is 0 Å². The van der Waals surface area contributed by atoms with E-state index in [2.05, 4.69) is 69.5 Å². The first-order valence-corrected chi connectivity index (χ1v) is 17.2. The fourth-order valence-corrected chi connectivity index (χ4v) is 6.16. The van der Waals surface area contributed by atoms with Crippen LogP contribution in [-0.2, 0) is 20.9 Å². The van der Waals surface area contributed by atoms with Crippen LogP contribution in [0.4, 0.5) is 0 Å². The molecule has 5 rings (SSSR count). The Morgan fingerprint density at radius 2 is 1.12 bits per heavy atom. The number of amides is 3. The Morgan fingerprint density at radius 3 is 1.62 bits per heavy atom. The normalized spacial score (nSPS) is 11.1. The molecule has 0 bridgehead atoms. The predicted octanol–water partition coefficient (Wildman–Crippen LogP) is 4.98. The first-order valence-electron chi connectivity index (χ1n) is 17.2. The fourth-order valence-electron chi connectivity index (χ4n) is 6.16. The molecule has 0 radical (unpaired) electrons. The topological polar surface area (TPSA) is 108 Å². The van der Waals surface area contributed by atoms with Gasteiger partial charge in [-0.2, -0.15) is 0 Å². The van der Waals surface area contributed by atoms with Gasteiger partial charge in [0.2, 0.25) is 17.7 Å². The molecule has 0 aliphatic carbocycles. The number of carbonyl (C=O) groups is 3. The number of hydrogen-bond donors (Lipinski definition) is 3. The van der Waals surface area contributed by atoms with E-state index < -0.39 is 11.8 Å². The minimum Gasteiger partial charge on any atom is -0.336 e. The number of benzene rings is 4. The van der Waals surface area contributed by atoms with Crippen LogP contribution in [0.3, 0.4) is 0 Å². The first-order chi connectivity index (χ1) is 24.6. The lowest BCUT2D eigenvalue weighted by Gasteiger charge is -2.26. The van der Waals surface area contributed by atoms with E-state index in [9.17, 15) is 14.4 Å². The van der Waals surface area contributed by atoms with Gasteiger partial charge in [-0.15, -0.1) is 0 Å². The molecule has 1 heterocycles. The molecule has 5 aromatic rings. The standard InChI is InChI=1S/C41H46N6O3/c48-39(29-43-24-27-46-28-25-44-32-46)45-40(49)31-47(26-22-38(35-17-9-3-10-18-35)36-19-11-4-12-20-36)41(50)30-42-23-21-37(33-13-5-1-6-14-33)34-15-7-2-8-16-34/h1-20,25,28,32,37-38,42-43H,21-24,26-27,29-31H2,(H,45,48,49). The minimum atomic E-state index is -0.510. The molecular formula is C41H46N6O3. The summed E-state index contributed by atoms with van der Waals surface area (Å²) in [4.78, 5) is 45.0. The molecule has 4 aromatic carbocycles. The summed E-state index contributed by atoms with van der Waals surface area (Å²) >= 11 is 0. The van der Waals surface area contributed by atoms with Crippen LogP contribution in [0.15, 0.2) is 140 Å². The summed E-state index contributed by atoms with van der Waals surface area (Å²) in [6.45, 7) is 2.01. The quantitative estimate of drug-likeness (QED) is 0.107. The summed E-state index contributed by atoms with van der Waals surface area (Å²) in [5, 5.41) is 8.84. The van der Waals surface area contributed by atoms with E-state index in [4.69, 9.17) is 0 Å². The van der Waals surface area contributed by atoms with E-state index in [0.717, 1.165) is 17.5 Å². The maximum atomic E-state index is 13.7. The van der Waals surface area contributed by atoms with E-state index in [1.165, 1.54) is 11.1 Å². The third kappa shape index (κ3) is 11.4. The number of imidazole rings is 1. The molecule has 9 heteroatoms. The monoisotopic (exact) mass is 670 g/mol. The molecule has 0 fully saturated rings. The second-order valence-corrected chi connectivity index (χ2v) is 12.3. The number of imide groups is 1.